The molecule has 0 saturated heterocycles. The molecule has 29 heavy (non-hydrogen) atoms. The van der Waals surface area contributed by atoms with Crippen LogP contribution in [0.25, 0.3) is 21.3 Å². The number of carbonyl (C=O) groups excluding carboxylic acids is 2. The van der Waals surface area contributed by atoms with E-state index in [4.69, 9.17) is 5.84 Å². The number of urea groups is 1. The number of nitrogen functional groups attached to an aromatic ring is 1. The van der Waals surface area contributed by atoms with Crippen molar-refractivity contribution in [2.45, 2.75) is 24.9 Å². The van der Waals surface area contributed by atoms with Gasteiger partial charge in [-0.1, -0.05) is 55.4 Å². The summed E-state index contributed by atoms with van der Waals surface area (Å²) in [7, 11) is 0. The van der Waals surface area contributed by atoms with Gasteiger partial charge in [0.15, 0.2) is 5.16 Å². The number of unbranched alkanes of at least 4 members (excludes halogenated alkanes) is 1. The quantitative estimate of drug-likeness (QED) is 0.229. The number of thiophene rings is 1. The van der Waals surface area contributed by atoms with Crippen LogP contribution in [0, 0.1) is 0 Å². The Hall–Kier alpha value is -2.85. The number of nitrogens with two attached hydrogens (primary N) is 1. The summed E-state index contributed by atoms with van der Waals surface area (Å²) in [6, 6.07) is 8.99. The lowest BCUT2D eigenvalue weighted by molar-refractivity contribution is -0.117. The minimum atomic E-state index is -0.539. The SMILES string of the molecule is CCCCNC(=O)NC(=O)CSc1nc2scc(-c3ccccc3)c2c(=O)n1N. The molecular weight excluding hydrogens is 410 g/mol. The summed E-state index contributed by atoms with van der Waals surface area (Å²) in [5.41, 5.74) is 1.31. The Balaban J connectivity index is 1.73. The number of fused-ring (bicyclic) bond motifs is 1. The molecule has 0 aliphatic rings. The van der Waals surface area contributed by atoms with Crippen LogP contribution in [0.3, 0.4) is 0 Å². The summed E-state index contributed by atoms with van der Waals surface area (Å²) in [6.07, 6.45) is 1.78. The minimum absolute atomic E-state index is 0.0900. The van der Waals surface area contributed by atoms with Crippen LogP contribution >= 0.6 is 23.1 Å². The van der Waals surface area contributed by atoms with Crippen molar-refractivity contribution in [2.24, 2.45) is 0 Å². The molecule has 0 aliphatic carbocycles. The van der Waals surface area contributed by atoms with Gasteiger partial charge in [0.25, 0.3) is 5.56 Å². The molecule has 0 aliphatic heterocycles. The molecule has 0 atom stereocenters. The van der Waals surface area contributed by atoms with Crippen LogP contribution < -0.4 is 22.0 Å². The summed E-state index contributed by atoms with van der Waals surface area (Å²) in [5.74, 6) is 5.36. The zero-order valence-corrected chi connectivity index (χ0v) is 17.4. The van der Waals surface area contributed by atoms with Crippen molar-refractivity contribution in [3.8, 4) is 11.1 Å². The van der Waals surface area contributed by atoms with Crippen molar-refractivity contribution in [3.05, 3.63) is 46.1 Å². The highest BCUT2D eigenvalue weighted by atomic mass is 32.2. The van der Waals surface area contributed by atoms with Gasteiger partial charge in [0.05, 0.1) is 11.1 Å². The summed E-state index contributed by atoms with van der Waals surface area (Å²) < 4.78 is 0.945. The fourth-order valence-electron chi connectivity index (χ4n) is 2.63. The van der Waals surface area contributed by atoms with Crippen molar-refractivity contribution < 1.29 is 9.59 Å². The van der Waals surface area contributed by atoms with E-state index in [-0.39, 0.29) is 16.5 Å². The second-order valence-corrected chi connectivity index (χ2v) is 8.01. The molecule has 4 N–H and O–H groups in total. The van der Waals surface area contributed by atoms with E-state index in [0.717, 1.165) is 40.4 Å². The number of thioether (sulfide) groups is 1. The van der Waals surface area contributed by atoms with E-state index in [2.05, 4.69) is 15.6 Å². The van der Waals surface area contributed by atoms with E-state index in [9.17, 15) is 14.4 Å². The molecule has 0 radical (unpaired) electrons. The summed E-state index contributed by atoms with van der Waals surface area (Å²) in [6.45, 7) is 2.51. The van der Waals surface area contributed by atoms with Crippen LogP contribution in [0.2, 0.25) is 0 Å². The third-order valence-electron chi connectivity index (χ3n) is 4.09. The number of nitrogens with one attached hydrogen (secondary N) is 2. The van der Waals surface area contributed by atoms with E-state index in [1.807, 2.05) is 42.6 Å². The van der Waals surface area contributed by atoms with Crippen LogP contribution in [0.5, 0.6) is 0 Å². The van der Waals surface area contributed by atoms with E-state index in [1.54, 1.807) is 0 Å². The maximum absolute atomic E-state index is 12.8. The molecule has 0 fully saturated rings. The van der Waals surface area contributed by atoms with Crippen LogP contribution in [-0.4, -0.2) is 33.9 Å². The second-order valence-electron chi connectivity index (χ2n) is 6.21. The van der Waals surface area contributed by atoms with E-state index >= 15 is 0 Å². The third kappa shape index (κ3) is 4.96. The van der Waals surface area contributed by atoms with Gasteiger partial charge in [-0.3, -0.25) is 14.9 Å². The number of imide groups is 1. The van der Waals surface area contributed by atoms with Gasteiger partial charge in [-0.2, -0.15) is 0 Å². The molecule has 0 bridgehead atoms. The molecule has 2 heterocycles. The normalized spacial score (nSPS) is 10.8. The number of hydrogen-bond acceptors (Lipinski definition) is 7. The van der Waals surface area contributed by atoms with E-state index < -0.39 is 11.9 Å². The number of rotatable bonds is 7. The predicted molar refractivity (Wildman–Crippen MR) is 117 cm³/mol. The zero-order chi connectivity index (χ0) is 20.8. The van der Waals surface area contributed by atoms with E-state index in [0.29, 0.717) is 16.8 Å². The van der Waals surface area contributed by atoms with E-state index in [1.165, 1.54) is 11.3 Å². The lowest BCUT2D eigenvalue weighted by atomic mass is 10.1. The van der Waals surface area contributed by atoms with Crippen LogP contribution in [0.15, 0.2) is 45.7 Å². The molecule has 8 nitrogen and oxygen atoms in total. The monoisotopic (exact) mass is 431 g/mol. The average Bonchev–Trinajstić information content (AvgIpc) is 3.14. The average molecular weight is 432 g/mol. The Kier molecular flexibility index (Phi) is 6.89. The lowest BCUT2D eigenvalue weighted by Gasteiger charge is -2.08. The number of aromatic nitrogens is 2. The zero-order valence-electron chi connectivity index (χ0n) is 15.8. The van der Waals surface area contributed by atoms with Gasteiger partial charge in [0.1, 0.15) is 4.83 Å². The van der Waals surface area contributed by atoms with Gasteiger partial charge < -0.3 is 11.2 Å². The predicted octanol–water partition coefficient (Wildman–Crippen LogP) is 2.56. The number of nitrogens with zero attached hydrogens (tertiary/aromatic N) is 2. The second kappa shape index (κ2) is 9.57. The van der Waals surface area contributed by atoms with Gasteiger partial charge in [0, 0.05) is 17.5 Å². The molecule has 1 aromatic carbocycles. The first kappa shape index (κ1) is 20.9. The van der Waals surface area contributed by atoms with Gasteiger partial charge >= 0.3 is 6.03 Å². The first-order chi connectivity index (χ1) is 14.0. The Bertz CT molecular complexity index is 1080. The number of amides is 3. The van der Waals surface area contributed by atoms with Gasteiger partial charge in [-0.15, -0.1) is 11.3 Å². The first-order valence-corrected chi connectivity index (χ1v) is 10.9. The number of benzene rings is 1. The third-order valence-corrected chi connectivity index (χ3v) is 5.92. The molecule has 0 spiro atoms. The smallest absolute Gasteiger partial charge is 0.321 e. The standard InChI is InChI=1S/C19H21N5O3S2/c1-2-3-9-21-18(27)22-14(25)11-29-19-23-16-15(17(26)24(19)20)13(10-28-16)12-7-5-4-6-8-12/h4-8,10H,2-3,9,11,20H2,1H3,(H2,21,22,25,27). The molecule has 10 heteroatoms. The Labute approximate surface area is 175 Å². The molecule has 3 amide bonds. The summed E-state index contributed by atoms with van der Waals surface area (Å²) in [5, 5.41) is 7.38. The topological polar surface area (TPSA) is 119 Å². The highest BCUT2D eigenvalue weighted by Crippen LogP contribution is 2.31. The van der Waals surface area contributed by atoms with Crippen molar-refractivity contribution >= 4 is 45.3 Å². The van der Waals surface area contributed by atoms with Gasteiger partial charge in [-0.05, 0) is 12.0 Å². The van der Waals surface area contributed by atoms with Crippen molar-refractivity contribution in [1.29, 1.82) is 0 Å². The van der Waals surface area contributed by atoms with Crippen LogP contribution in [-0.2, 0) is 4.79 Å². The molecule has 152 valence electrons. The fraction of sp³-hybridized carbons (Fsp3) is 0.263. The van der Waals surface area contributed by atoms with Crippen LogP contribution in [0.4, 0.5) is 4.79 Å². The van der Waals surface area contributed by atoms with Crippen molar-refractivity contribution in [3.63, 3.8) is 0 Å². The minimum Gasteiger partial charge on any atom is -0.338 e. The highest BCUT2D eigenvalue weighted by Gasteiger charge is 2.17. The molecule has 0 saturated carbocycles. The highest BCUT2D eigenvalue weighted by molar-refractivity contribution is 7.99. The first-order valence-electron chi connectivity index (χ1n) is 9.06. The van der Waals surface area contributed by atoms with Crippen molar-refractivity contribution in [2.75, 3.05) is 18.1 Å². The fourth-order valence-corrected chi connectivity index (χ4v) is 4.34. The van der Waals surface area contributed by atoms with Gasteiger partial charge in [0.2, 0.25) is 5.91 Å². The van der Waals surface area contributed by atoms with Crippen LogP contribution in [0.1, 0.15) is 19.8 Å². The van der Waals surface area contributed by atoms with Gasteiger partial charge in [-0.25, -0.2) is 14.5 Å². The molecule has 3 rings (SSSR count). The summed E-state index contributed by atoms with van der Waals surface area (Å²) >= 11 is 2.34. The lowest BCUT2D eigenvalue weighted by Crippen LogP contribution is -2.40. The Morgan fingerprint density at radius 3 is 2.76 bits per heavy atom. The molecular formula is C19H21N5O3S2. The largest absolute Gasteiger partial charge is 0.338 e. The number of carbonyl (C=O) groups is 2. The molecule has 2 aromatic heterocycles. The maximum Gasteiger partial charge on any atom is 0.321 e. The summed E-state index contributed by atoms with van der Waals surface area (Å²) in [4.78, 5) is 41.4. The Morgan fingerprint density at radius 1 is 1.28 bits per heavy atom. The molecule has 3 aromatic rings. The molecule has 0 unspecified atom stereocenters. The Morgan fingerprint density at radius 2 is 2.03 bits per heavy atom. The van der Waals surface area contributed by atoms with Crippen molar-refractivity contribution in [1.82, 2.24) is 20.3 Å². The maximum atomic E-state index is 12.8. The number of hydrogen-bond donors (Lipinski definition) is 3.